The molecule has 0 saturated heterocycles. The third-order valence-corrected chi connectivity index (χ3v) is 3.31. The molecule has 0 radical (unpaired) electrons. The van der Waals surface area contributed by atoms with Crippen LogP contribution in [0, 0.1) is 12.7 Å². The van der Waals surface area contributed by atoms with Crippen LogP contribution in [0.4, 0.5) is 10.1 Å². The average Bonchev–Trinajstić information content (AvgIpc) is 2.51. The van der Waals surface area contributed by atoms with E-state index in [4.69, 9.17) is 0 Å². The van der Waals surface area contributed by atoms with Gasteiger partial charge in [0.15, 0.2) is 0 Å². The lowest BCUT2D eigenvalue weighted by molar-refractivity contribution is 0.102. The molecule has 0 unspecified atom stereocenters. The van der Waals surface area contributed by atoms with Gasteiger partial charge in [-0.3, -0.25) is 9.78 Å². The lowest BCUT2D eigenvalue weighted by Crippen LogP contribution is -2.13. The van der Waals surface area contributed by atoms with E-state index in [1.54, 1.807) is 49.5 Å². The molecule has 0 aliphatic heterocycles. The SMILES string of the molecule is Cc1cccc(NC(=O)c2ccc3ncccc3c2)c1F. The molecule has 1 aromatic heterocycles. The van der Waals surface area contributed by atoms with Crippen LogP contribution in [-0.2, 0) is 0 Å². The Labute approximate surface area is 121 Å². The van der Waals surface area contributed by atoms with Crippen molar-refractivity contribution in [1.29, 1.82) is 0 Å². The van der Waals surface area contributed by atoms with Gasteiger partial charge in [0, 0.05) is 17.1 Å². The molecule has 3 aromatic rings. The van der Waals surface area contributed by atoms with Crippen LogP contribution in [0.5, 0.6) is 0 Å². The lowest BCUT2D eigenvalue weighted by Gasteiger charge is -2.08. The molecule has 0 saturated carbocycles. The summed E-state index contributed by atoms with van der Waals surface area (Å²) in [6.07, 6.45) is 1.70. The Bertz CT molecular complexity index is 830. The first-order valence-electron chi connectivity index (χ1n) is 6.56. The number of carbonyl (C=O) groups is 1. The van der Waals surface area contributed by atoms with Crippen LogP contribution in [0.25, 0.3) is 10.9 Å². The van der Waals surface area contributed by atoms with E-state index in [2.05, 4.69) is 10.3 Å². The number of aromatic nitrogens is 1. The minimum Gasteiger partial charge on any atom is -0.319 e. The molecular formula is C17H13FN2O. The van der Waals surface area contributed by atoms with Crippen molar-refractivity contribution in [2.45, 2.75) is 6.92 Å². The molecule has 3 nitrogen and oxygen atoms in total. The zero-order valence-electron chi connectivity index (χ0n) is 11.4. The topological polar surface area (TPSA) is 42.0 Å². The summed E-state index contributed by atoms with van der Waals surface area (Å²) in [5.74, 6) is -0.751. The van der Waals surface area contributed by atoms with Crippen molar-refractivity contribution in [3.63, 3.8) is 0 Å². The number of carbonyl (C=O) groups excluding carboxylic acids is 1. The monoisotopic (exact) mass is 280 g/mol. The van der Waals surface area contributed by atoms with E-state index in [9.17, 15) is 9.18 Å². The zero-order valence-corrected chi connectivity index (χ0v) is 11.4. The predicted molar refractivity (Wildman–Crippen MR) is 80.8 cm³/mol. The number of fused-ring (bicyclic) bond motifs is 1. The van der Waals surface area contributed by atoms with Crippen LogP contribution in [0.2, 0.25) is 0 Å². The van der Waals surface area contributed by atoms with Gasteiger partial charge in [-0.15, -0.1) is 0 Å². The molecule has 104 valence electrons. The smallest absolute Gasteiger partial charge is 0.255 e. The van der Waals surface area contributed by atoms with E-state index in [1.165, 1.54) is 0 Å². The molecule has 1 heterocycles. The summed E-state index contributed by atoms with van der Waals surface area (Å²) in [4.78, 5) is 16.4. The molecule has 0 spiro atoms. The van der Waals surface area contributed by atoms with Crippen LogP contribution >= 0.6 is 0 Å². The van der Waals surface area contributed by atoms with E-state index >= 15 is 0 Å². The van der Waals surface area contributed by atoms with Gasteiger partial charge in [0.25, 0.3) is 5.91 Å². The zero-order chi connectivity index (χ0) is 14.8. The van der Waals surface area contributed by atoms with Crippen LogP contribution in [0.15, 0.2) is 54.7 Å². The van der Waals surface area contributed by atoms with Gasteiger partial charge in [-0.1, -0.05) is 18.2 Å². The Morgan fingerprint density at radius 1 is 1.14 bits per heavy atom. The summed E-state index contributed by atoms with van der Waals surface area (Å²) >= 11 is 0. The number of pyridine rings is 1. The molecule has 0 aliphatic carbocycles. The number of nitrogens with one attached hydrogen (secondary N) is 1. The first kappa shape index (κ1) is 13.2. The Morgan fingerprint density at radius 2 is 2.00 bits per heavy atom. The van der Waals surface area contributed by atoms with Gasteiger partial charge in [-0.2, -0.15) is 0 Å². The largest absolute Gasteiger partial charge is 0.319 e. The van der Waals surface area contributed by atoms with Crippen LogP contribution in [0.1, 0.15) is 15.9 Å². The molecule has 0 aliphatic rings. The maximum absolute atomic E-state index is 13.9. The molecule has 2 aromatic carbocycles. The van der Waals surface area contributed by atoms with E-state index in [-0.39, 0.29) is 11.6 Å². The van der Waals surface area contributed by atoms with Crippen molar-refractivity contribution < 1.29 is 9.18 Å². The highest BCUT2D eigenvalue weighted by Crippen LogP contribution is 2.19. The van der Waals surface area contributed by atoms with Crippen LogP contribution in [-0.4, -0.2) is 10.9 Å². The number of hydrogen-bond donors (Lipinski definition) is 1. The van der Waals surface area contributed by atoms with Gasteiger partial charge < -0.3 is 5.32 Å². The predicted octanol–water partition coefficient (Wildman–Crippen LogP) is 3.93. The molecule has 1 amide bonds. The molecule has 3 rings (SSSR count). The highest BCUT2D eigenvalue weighted by molar-refractivity contribution is 6.06. The van der Waals surface area contributed by atoms with Crippen molar-refractivity contribution in [2.24, 2.45) is 0 Å². The normalized spacial score (nSPS) is 10.6. The minimum absolute atomic E-state index is 0.186. The van der Waals surface area contributed by atoms with E-state index in [0.29, 0.717) is 11.1 Å². The summed E-state index contributed by atoms with van der Waals surface area (Å²) in [5.41, 5.74) is 1.97. The number of halogens is 1. The quantitative estimate of drug-likeness (QED) is 0.772. The summed E-state index contributed by atoms with van der Waals surface area (Å²) in [6, 6.07) is 13.8. The van der Waals surface area contributed by atoms with Gasteiger partial charge >= 0.3 is 0 Å². The summed E-state index contributed by atoms with van der Waals surface area (Å²) < 4.78 is 13.9. The second-order valence-electron chi connectivity index (χ2n) is 4.80. The Hall–Kier alpha value is -2.75. The van der Waals surface area contributed by atoms with Gasteiger partial charge in [0.1, 0.15) is 5.82 Å². The molecular weight excluding hydrogens is 267 g/mol. The van der Waals surface area contributed by atoms with Crippen LogP contribution in [0.3, 0.4) is 0 Å². The van der Waals surface area contributed by atoms with Crippen molar-refractivity contribution in [3.05, 3.63) is 71.7 Å². The van der Waals surface area contributed by atoms with E-state index in [0.717, 1.165) is 10.9 Å². The minimum atomic E-state index is -0.409. The van der Waals surface area contributed by atoms with Gasteiger partial charge in [-0.25, -0.2) is 4.39 Å². The second kappa shape index (κ2) is 5.32. The number of rotatable bonds is 2. The maximum Gasteiger partial charge on any atom is 0.255 e. The highest BCUT2D eigenvalue weighted by Gasteiger charge is 2.11. The molecule has 21 heavy (non-hydrogen) atoms. The molecule has 0 bridgehead atoms. The second-order valence-corrected chi connectivity index (χ2v) is 4.80. The van der Waals surface area contributed by atoms with Gasteiger partial charge in [-0.05, 0) is 42.8 Å². The maximum atomic E-state index is 13.9. The molecule has 0 fully saturated rings. The summed E-state index contributed by atoms with van der Waals surface area (Å²) in [6.45, 7) is 1.66. The summed E-state index contributed by atoms with van der Waals surface area (Å²) in [7, 11) is 0. The standard InChI is InChI=1S/C17H13FN2O/c1-11-4-2-6-15(16(11)18)20-17(21)13-7-8-14-12(10-13)5-3-9-19-14/h2-10H,1H3,(H,20,21). The van der Waals surface area contributed by atoms with E-state index < -0.39 is 5.82 Å². The third-order valence-electron chi connectivity index (χ3n) is 3.31. The van der Waals surface area contributed by atoms with Crippen molar-refractivity contribution >= 4 is 22.5 Å². The number of benzene rings is 2. The number of anilines is 1. The number of aryl methyl sites for hydroxylation is 1. The third kappa shape index (κ3) is 2.60. The first-order chi connectivity index (χ1) is 10.1. The van der Waals surface area contributed by atoms with Gasteiger partial charge in [0.2, 0.25) is 0 Å². The molecule has 1 N–H and O–H groups in total. The number of hydrogen-bond acceptors (Lipinski definition) is 2. The average molecular weight is 280 g/mol. The number of amides is 1. The van der Waals surface area contributed by atoms with Crippen molar-refractivity contribution in [3.8, 4) is 0 Å². The fourth-order valence-corrected chi connectivity index (χ4v) is 2.16. The van der Waals surface area contributed by atoms with Crippen molar-refractivity contribution in [1.82, 2.24) is 4.98 Å². The van der Waals surface area contributed by atoms with Crippen molar-refractivity contribution in [2.75, 3.05) is 5.32 Å². The highest BCUT2D eigenvalue weighted by atomic mass is 19.1. The first-order valence-corrected chi connectivity index (χ1v) is 6.56. The summed E-state index contributed by atoms with van der Waals surface area (Å²) in [5, 5.41) is 3.47. The Morgan fingerprint density at radius 3 is 2.86 bits per heavy atom. The Balaban J connectivity index is 1.91. The molecule has 0 atom stereocenters. The van der Waals surface area contributed by atoms with E-state index in [1.807, 2.05) is 12.1 Å². The molecule has 4 heteroatoms. The Kier molecular flexibility index (Phi) is 3.36. The lowest BCUT2D eigenvalue weighted by atomic mass is 10.1. The fraction of sp³-hybridized carbons (Fsp3) is 0.0588. The fourth-order valence-electron chi connectivity index (χ4n) is 2.16. The number of nitrogens with zero attached hydrogens (tertiary/aromatic N) is 1. The van der Waals surface area contributed by atoms with Crippen LogP contribution < -0.4 is 5.32 Å². The van der Waals surface area contributed by atoms with Gasteiger partial charge in [0.05, 0.1) is 11.2 Å².